The fraction of sp³-hybridized carbons (Fsp3) is 0.611. The monoisotopic (exact) mass is 384 g/mol. The van der Waals surface area contributed by atoms with Crippen LogP contribution in [0.5, 0.6) is 0 Å². The molecular formula is C18H25ClN2OS2. The van der Waals surface area contributed by atoms with E-state index in [1.54, 1.807) is 0 Å². The number of hydrogen-bond donors (Lipinski definition) is 0. The Balaban J connectivity index is 1.35. The van der Waals surface area contributed by atoms with Gasteiger partial charge in [-0.15, -0.1) is 0 Å². The quantitative estimate of drug-likeness (QED) is 0.523. The first-order valence-electron chi connectivity index (χ1n) is 8.79. The molecule has 24 heavy (non-hydrogen) atoms. The Kier molecular flexibility index (Phi) is 7.05. The van der Waals surface area contributed by atoms with Crippen LogP contribution in [0.3, 0.4) is 0 Å². The minimum atomic E-state index is 0.328. The molecule has 2 fully saturated rings. The highest BCUT2D eigenvalue weighted by Crippen LogP contribution is 2.39. The minimum Gasteiger partial charge on any atom is -0.368 e. The number of carbonyl (C=O) groups excluding carboxylic acids is 1. The van der Waals surface area contributed by atoms with E-state index in [4.69, 9.17) is 11.6 Å². The van der Waals surface area contributed by atoms with Crippen molar-refractivity contribution in [3.05, 3.63) is 29.3 Å². The van der Waals surface area contributed by atoms with Crippen molar-refractivity contribution in [2.24, 2.45) is 0 Å². The summed E-state index contributed by atoms with van der Waals surface area (Å²) in [6.07, 6.45) is 5.55. The molecule has 0 aromatic heterocycles. The van der Waals surface area contributed by atoms with Gasteiger partial charge >= 0.3 is 0 Å². The highest BCUT2D eigenvalue weighted by Gasteiger charge is 2.21. The molecule has 6 heteroatoms. The van der Waals surface area contributed by atoms with Crippen molar-refractivity contribution in [1.29, 1.82) is 0 Å². The van der Waals surface area contributed by atoms with Crippen LogP contribution in [0, 0.1) is 0 Å². The second-order valence-electron chi connectivity index (χ2n) is 6.42. The maximum Gasteiger partial charge on any atom is 0.222 e. The number of unbranched alkanes of at least 4 members (excludes halogenated alkanes) is 1. The summed E-state index contributed by atoms with van der Waals surface area (Å²) in [4.78, 5) is 16.7. The van der Waals surface area contributed by atoms with E-state index in [2.05, 4.69) is 11.0 Å². The first-order valence-corrected chi connectivity index (χ1v) is 11.5. The molecule has 2 heterocycles. The van der Waals surface area contributed by atoms with Gasteiger partial charge in [-0.25, -0.2) is 0 Å². The molecule has 3 rings (SSSR count). The summed E-state index contributed by atoms with van der Waals surface area (Å²) in [5.41, 5.74) is 1.15. The summed E-state index contributed by atoms with van der Waals surface area (Å²) in [5.74, 6) is 1.62. The van der Waals surface area contributed by atoms with E-state index in [0.29, 0.717) is 12.3 Å². The van der Waals surface area contributed by atoms with Crippen LogP contribution < -0.4 is 4.90 Å². The molecular weight excluding hydrogens is 360 g/mol. The Morgan fingerprint density at radius 1 is 1.21 bits per heavy atom. The number of nitrogens with zero attached hydrogens (tertiary/aromatic N) is 2. The SMILES string of the molecule is O=C(CCCCC1CCSS1)N1CCN(c2cccc(Cl)c2)CC1. The van der Waals surface area contributed by atoms with Gasteiger partial charge in [-0.05, 0) is 37.5 Å². The Labute approximate surface area is 157 Å². The zero-order valence-corrected chi connectivity index (χ0v) is 16.3. The number of anilines is 1. The van der Waals surface area contributed by atoms with Crippen molar-refractivity contribution in [3.63, 3.8) is 0 Å². The average Bonchev–Trinajstić information content (AvgIpc) is 3.12. The molecule has 132 valence electrons. The van der Waals surface area contributed by atoms with Crippen molar-refractivity contribution >= 4 is 44.8 Å². The van der Waals surface area contributed by atoms with E-state index < -0.39 is 0 Å². The Morgan fingerprint density at radius 3 is 2.75 bits per heavy atom. The number of benzene rings is 1. The minimum absolute atomic E-state index is 0.328. The fourth-order valence-corrected chi connectivity index (χ4v) is 6.47. The van der Waals surface area contributed by atoms with Crippen molar-refractivity contribution in [2.75, 3.05) is 36.8 Å². The van der Waals surface area contributed by atoms with Gasteiger partial charge in [-0.3, -0.25) is 4.79 Å². The van der Waals surface area contributed by atoms with Gasteiger partial charge in [0.2, 0.25) is 5.91 Å². The molecule has 1 aromatic rings. The molecule has 2 saturated heterocycles. The smallest absolute Gasteiger partial charge is 0.222 e. The lowest BCUT2D eigenvalue weighted by atomic mass is 10.1. The maximum atomic E-state index is 12.4. The largest absolute Gasteiger partial charge is 0.368 e. The van der Waals surface area contributed by atoms with Crippen molar-refractivity contribution in [1.82, 2.24) is 4.90 Å². The Bertz CT molecular complexity index is 544. The number of hydrogen-bond acceptors (Lipinski definition) is 4. The van der Waals surface area contributed by atoms with Crippen molar-refractivity contribution in [3.8, 4) is 0 Å². The van der Waals surface area contributed by atoms with Crippen LogP contribution in [-0.4, -0.2) is 48.0 Å². The molecule has 0 bridgehead atoms. The Morgan fingerprint density at radius 2 is 2.04 bits per heavy atom. The van der Waals surface area contributed by atoms with Gasteiger partial charge in [0.15, 0.2) is 0 Å². The molecule has 0 aliphatic carbocycles. The van der Waals surface area contributed by atoms with Crippen LogP contribution in [-0.2, 0) is 4.79 Å². The third kappa shape index (κ3) is 5.24. The van der Waals surface area contributed by atoms with Gasteiger partial charge in [0.1, 0.15) is 0 Å². The lowest BCUT2D eigenvalue weighted by Gasteiger charge is -2.36. The van der Waals surface area contributed by atoms with Gasteiger partial charge in [0, 0.05) is 54.3 Å². The molecule has 1 aromatic carbocycles. The van der Waals surface area contributed by atoms with Gasteiger partial charge < -0.3 is 9.80 Å². The summed E-state index contributed by atoms with van der Waals surface area (Å²) in [6.45, 7) is 3.42. The Hall–Kier alpha value is -0.520. The highest BCUT2D eigenvalue weighted by atomic mass is 35.5. The summed E-state index contributed by atoms with van der Waals surface area (Å²) in [6, 6.07) is 7.96. The lowest BCUT2D eigenvalue weighted by molar-refractivity contribution is -0.131. The van der Waals surface area contributed by atoms with Gasteiger partial charge in [-0.2, -0.15) is 0 Å². The van der Waals surface area contributed by atoms with Gasteiger partial charge in [0.25, 0.3) is 0 Å². The number of halogens is 1. The maximum absolute atomic E-state index is 12.4. The summed E-state index contributed by atoms with van der Waals surface area (Å²) >= 11 is 6.07. The van der Waals surface area contributed by atoms with Crippen LogP contribution in [0.1, 0.15) is 32.1 Å². The van der Waals surface area contributed by atoms with Crippen LogP contribution in [0.4, 0.5) is 5.69 Å². The van der Waals surface area contributed by atoms with E-state index in [9.17, 15) is 4.79 Å². The second-order valence-corrected chi connectivity index (χ2v) is 9.65. The predicted molar refractivity (Wildman–Crippen MR) is 107 cm³/mol. The summed E-state index contributed by atoms with van der Waals surface area (Å²) in [5, 5.41) is 1.59. The molecule has 0 spiro atoms. The standard InChI is InChI=1S/C18H25ClN2OS2/c19-15-4-3-5-16(14-15)20-9-11-21(12-10-20)18(22)7-2-1-6-17-8-13-23-24-17/h3-5,14,17H,1-2,6-13H2. The number of carbonyl (C=O) groups is 1. The molecule has 1 amide bonds. The second kappa shape index (κ2) is 9.25. The zero-order chi connectivity index (χ0) is 16.8. The third-order valence-electron chi connectivity index (χ3n) is 4.70. The van der Waals surface area contributed by atoms with E-state index in [1.807, 2.05) is 44.7 Å². The van der Waals surface area contributed by atoms with Crippen molar-refractivity contribution in [2.45, 2.75) is 37.4 Å². The van der Waals surface area contributed by atoms with Crippen molar-refractivity contribution < 1.29 is 4.79 Å². The topological polar surface area (TPSA) is 23.6 Å². The normalized spacial score (nSPS) is 21.3. The molecule has 3 nitrogen and oxygen atoms in total. The molecule has 2 aliphatic rings. The van der Waals surface area contributed by atoms with Crippen LogP contribution in [0.25, 0.3) is 0 Å². The first kappa shape index (κ1) is 18.3. The lowest BCUT2D eigenvalue weighted by Crippen LogP contribution is -2.48. The van der Waals surface area contributed by atoms with Crippen LogP contribution >= 0.6 is 33.2 Å². The molecule has 1 unspecified atom stereocenters. The molecule has 1 atom stereocenters. The fourth-order valence-electron chi connectivity index (χ4n) is 3.26. The molecule has 2 aliphatic heterocycles. The van der Waals surface area contributed by atoms with Gasteiger partial charge in [-0.1, -0.05) is 45.7 Å². The predicted octanol–water partition coefficient (Wildman–Crippen LogP) is 4.70. The van der Waals surface area contributed by atoms with E-state index in [1.165, 1.54) is 25.0 Å². The summed E-state index contributed by atoms with van der Waals surface area (Å²) in [7, 11) is 4.03. The number of amides is 1. The summed E-state index contributed by atoms with van der Waals surface area (Å²) < 4.78 is 0. The molecule has 0 radical (unpaired) electrons. The number of piperazine rings is 1. The van der Waals surface area contributed by atoms with Crippen LogP contribution in [0.2, 0.25) is 5.02 Å². The number of rotatable bonds is 6. The third-order valence-corrected chi connectivity index (χ3v) is 7.94. The molecule has 0 saturated carbocycles. The van der Waals surface area contributed by atoms with E-state index in [0.717, 1.165) is 48.6 Å². The highest BCUT2D eigenvalue weighted by molar-refractivity contribution is 8.77. The van der Waals surface area contributed by atoms with Gasteiger partial charge in [0.05, 0.1) is 0 Å². The first-order chi connectivity index (χ1) is 11.7. The van der Waals surface area contributed by atoms with E-state index >= 15 is 0 Å². The van der Waals surface area contributed by atoms with Crippen LogP contribution in [0.15, 0.2) is 24.3 Å². The zero-order valence-electron chi connectivity index (χ0n) is 14.0. The average molecular weight is 385 g/mol. The molecule has 0 N–H and O–H groups in total. The van der Waals surface area contributed by atoms with E-state index in [-0.39, 0.29) is 0 Å².